The van der Waals surface area contributed by atoms with Gasteiger partial charge in [-0.25, -0.2) is 0 Å². The van der Waals surface area contributed by atoms with Crippen molar-refractivity contribution in [2.24, 2.45) is 5.41 Å². The van der Waals surface area contributed by atoms with Gasteiger partial charge in [0.1, 0.15) is 6.29 Å². The summed E-state index contributed by atoms with van der Waals surface area (Å²) in [5, 5.41) is 9.22. The highest BCUT2D eigenvalue weighted by molar-refractivity contribution is 5.58. The van der Waals surface area contributed by atoms with E-state index in [1.807, 2.05) is 6.92 Å². The molecular weight excluding hydrogens is 140 g/mol. The molecule has 0 saturated heterocycles. The molecule has 0 bridgehead atoms. The zero-order chi connectivity index (χ0) is 8.91. The Morgan fingerprint density at radius 1 is 1.55 bits per heavy atom. The van der Waals surface area contributed by atoms with E-state index in [0.717, 1.165) is 12.7 Å². The van der Waals surface area contributed by atoms with Crippen molar-refractivity contribution in [2.75, 3.05) is 0 Å². The summed E-state index contributed by atoms with van der Waals surface area (Å²) in [6.07, 6.45) is 3.84. The highest BCUT2D eigenvalue weighted by atomic mass is 16.3. The van der Waals surface area contributed by atoms with Gasteiger partial charge in [0.2, 0.25) is 0 Å². The summed E-state index contributed by atoms with van der Waals surface area (Å²) in [4.78, 5) is 10.4. The van der Waals surface area contributed by atoms with E-state index in [2.05, 4.69) is 0 Å². The first kappa shape index (κ1) is 10.2. The van der Waals surface area contributed by atoms with Gasteiger partial charge in [-0.3, -0.25) is 0 Å². The van der Waals surface area contributed by atoms with E-state index in [0.29, 0.717) is 12.2 Å². The van der Waals surface area contributed by atoms with Crippen molar-refractivity contribution >= 4 is 6.29 Å². The van der Waals surface area contributed by atoms with Crippen LogP contribution in [0.1, 0.15) is 33.6 Å². The summed E-state index contributed by atoms with van der Waals surface area (Å²) >= 11 is 0. The van der Waals surface area contributed by atoms with Crippen LogP contribution in [0.15, 0.2) is 11.8 Å². The number of aldehydes is 1. The van der Waals surface area contributed by atoms with E-state index in [9.17, 15) is 9.90 Å². The maximum Gasteiger partial charge on any atom is 0.126 e. The van der Waals surface area contributed by atoms with Gasteiger partial charge in [0.15, 0.2) is 0 Å². The molecule has 0 atom stereocenters. The van der Waals surface area contributed by atoms with Crippen LogP contribution in [0.2, 0.25) is 0 Å². The number of aliphatic hydroxyl groups excluding tert-OH is 1. The first-order chi connectivity index (χ1) is 5.02. The highest BCUT2D eigenvalue weighted by Gasteiger charge is 2.17. The summed E-state index contributed by atoms with van der Waals surface area (Å²) in [6, 6.07) is 0. The molecule has 0 aliphatic carbocycles. The van der Waals surface area contributed by atoms with E-state index in [4.69, 9.17) is 0 Å². The van der Waals surface area contributed by atoms with E-state index >= 15 is 0 Å². The molecule has 0 aromatic heterocycles. The van der Waals surface area contributed by atoms with Crippen LogP contribution < -0.4 is 0 Å². The Morgan fingerprint density at radius 2 is 2.09 bits per heavy atom. The van der Waals surface area contributed by atoms with Crippen LogP contribution in [0.4, 0.5) is 0 Å². The summed E-state index contributed by atoms with van der Waals surface area (Å²) in [5.41, 5.74) is -0.435. The molecule has 0 aliphatic heterocycles. The van der Waals surface area contributed by atoms with Gasteiger partial charge in [0.25, 0.3) is 0 Å². The molecule has 0 spiro atoms. The molecule has 0 fully saturated rings. The molecule has 2 heteroatoms. The normalized spacial score (nSPS) is 13.2. The number of allylic oxidation sites excluding steroid dienone is 2. The Bertz CT molecular complexity index is 157. The maximum atomic E-state index is 10.4. The lowest BCUT2D eigenvalue weighted by atomic mass is 9.90. The van der Waals surface area contributed by atoms with Gasteiger partial charge in [-0.1, -0.05) is 20.8 Å². The minimum absolute atomic E-state index is 0.310. The standard InChI is InChI=1S/C9H16O2/c1-4-5-8(11)6-9(2,3)7-10/h5,7,11H,4,6H2,1-3H3. The molecule has 0 heterocycles. The Balaban J connectivity index is 4.03. The molecule has 0 aliphatic rings. The lowest BCUT2D eigenvalue weighted by Gasteiger charge is -2.15. The zero-order valence-electron chi connectivity index (χ0n) is 7.42. The first-order valence-electron chi connectivity index (χ1n) is 3.86. The zero-order valence-corrected chi connectivity index (χ0v) is 7.42. The van der Waals surface area contributed by atoms with Gasteiger partial charge in [0.05, 0.1) is 5.76 Å². The van der Waals surface area contributed by atoms with E-state index in [1.54, 1.807) is 19.9 Å². The Kier molecular flexibility index (Phi) is 3.86. The van der Waals surface area contributed by atoms with Gasteiger partial charge in [-0.05, 0) is 12.5 Å². The molecule has 64 valence electrons. The van der Waals surface area contributed by atoms with Gasteiger partial charge in [-0.15, -0.1) is 0 Å². The van der Waals surface area contributed by atoms with Gasteiger partial charge >= 0.3 is 0 Å². The predicted octanol–water partition coefficient (Wildman–Crippen LogP) is 2.45. The summed E-state index contributed by atoms with van der Waals surface area (Å²) in [5.74, 6) is 0.310. The van der Waals surface area contributed by atoms with Crippen molar-refractivity contribution in [1.82, 2.24) is 0 Å². The van der Waals surface area contributed by atoms with Crippen molar-refractivity contribution in [3.05, 3.63) is 11.8 Å². The number of carbonyl (C=O) groups excluding carboxylic acids is 1. The second kappa shape index (κ2) is 4.16. The Labute approximate surface area is 67.9 Å². The quantitative estimate of drug-likeness (QED) is 0.501. The van der Waals surface area contributed by atoms with Gasteiger partial charge < -0.3 is 9.90 Å². The second-order valence-electron chi connectivity index (χ2n) is 3.39. The van der Waals surface area contributed by atoms with Gasteiger partial charge in [0, 0.05) is 11.8 Å². The predicted molar refractivity (Wildman–Crippen MR) is 45.5 cm³/mol. The van der Waals surface area contributed by atoms with E-state index in [1.165, 1.54) is 0 Å². The molecule has 0 aromatic rings. The second-order valence-corrected chi connectivity index (χ2v) is 3.39. The first-order valence-corrected chi connectivity index (χ1v) is 3.86. The molecule has 11 heavy (non-hydrogen) atoms. The van der Waals surface area contributed by atoms with Crippen LogP contribution in [0.5, 0.6) is 0 Å². The number of hydrogen-bond acceptors (Lipinski definition) is 2. The lowest BCUT2D eigenvalue weighted by molar-refractivity contribution is -0.114. The molecule has 0 amide bonds. The molecular formula is C9H16O2. The Hall–Kier alpha value is -0.790. The molecule has 0 unspecified atom stereocenters. The minimum Gasteiger partial charge on any atom is -0.513 e. The summed E-state index contributed by atoms with van der Waals surface area (Å²) in [6.45, 7) is 5.56. The minimum atomic E-state index is -0.435. The fraction of sp³-hybridized carbons (Fsp3) is 0.667. The average Bonchev–Trinajstić information content (AvgIpc) is 1.87. The molecule has 0 radical (unpaired) electrons. The van der Waals surface area contributed by atoms with E-state index < -0.39 is 5.41 Å². The molecule has 2 nitrogen and oxygen atoms in total. The summed E-state index contributed by atoms with van der Waals surface area (Å²) in [7, 11) is 0. The van der Waals surface area contributed by atoms with Crippen LogP contribution in [-0.2, 0) is 4.79 Å². The number of carbonyl (C=O) groups is 1. The van der Waals surface area contributed by atoms with Crippen molar-refractivity contribution in [3.8, 4) is 0 Å². The van der Waals surface area contributed by atoms with Crippen LogP contribution in [0.25, 0.3) is 0 Å². The fourth-order valence-corrected chi connectivity index (χ4v) is 0.816. The number of aliphatic hydroxyl groups is 1. The van der Waals surface area contributed by atoms with Crippen LogP contribution >= 0.6 is 0 Å². The number of rotatable bonds is 4. The topological polar surface area (TPSA) is 37.3 Å². The third-order valence-corrected chi connectivity index (χ3v) is 1.40. The molecule has 0 rings (SSSR count). The third-order valence-electron chi connectivity index (χ3n) is 1.40. The third kappa shape index (κ3) is 4.59. The number of hydrogen-bond donors (Lipinski definition) is 1. The highest BCUT2D eigenvalue weighted by Crippen LogP contribution is 2.20. The maximum absolute atomic E-state index is 10.4. The van der Waals surface area contributed by atoms with Crippen LogP contribution in [0.3, 0.4) is 0 Å². The summed E-state index contributed by atoms with van der Waals surface area (Å²) < 4.78 is 0. The van der Waals surface area contributed by atoms with Crippen molar-refractivity contribution < 1.29 is 9.90 Å². The van der Waals surface area contributed by atoms with Crippen molar-refractivity contribution in [1.29, 1.82) is 0 Å². The molecule has 0 saturated carbocycles. The molecule has 1 N–H and O–H groups in total. The fourth-order valence-electron chi connectivity index (χ4n) is 0.816. The van der Waals surface area contributed by atoms with Crippen LogP contribution in [0, 0.1) is 5.41 Å². The monoisotopic (exact) mass is 156 g/mol. The van der Waals surface area contributed by atoms with Crippen molar-refractivity contribution in [2.45, 2.75) is 33.6 Å². The average molecular weight is 156 g/mol. The van der Waals surface area contributed by atoms with E-state index in [-0.39, 0.29) is 0 Å². The van der Waals surface area contributed by atoms with Gasteiger partial charge in [-0.2, -0.15) is 0 Å². The van der Waals surface area contributed by atoms with Crippen molar-refractivity contribution in [3.63, 3.8) is 0 Å². The molecule has 0 aromatic carbocycles. The lowest BCUT2D eigenvalue weighted by Crippen LogP contribution is -2.13. The largest absolute Gasteiger partial charge is 0.513 e. The SMILES string of the molecule is CCC=C(O)CC(C)(C)C=O. The smallest absolute Gasteiger partial charge is 0.126 e. The Morgan fingerprint density at radius 3 is 2.45 bits per heavy atom. The van der Waals surface area contributed by atoms with Crippen LogP contribution in [-0.4, -0.2) is 11.4 Å².